The van der Waals surface area contributed by atoms with Crippen LogP contribution in [0.4, 0.5) is 0 Å². The molecule has 0 atom stereocenters. The van der Waals surface area contributed by atoms with E-state index in [4.69, 9.17) is 4.74 Å². The standard InChI is InChI=1S/C24H25N3O4/c1-27(2)13-14-31-20-10-11-21-19(15-20)16-22(26-21)23(28)25-12-4-5-17-6-8-18(9-7-17)24(29)30-3/h6-11,15-16,26H,12-14H2,1-3H3,(H,25,28). The van der Waals surface area contributed by atoms with E-state index < -0.39 is 5.97 Å². The molecule has 0 saturated heterocycles. The second-order valence-corrected chi connectivity index (χ2v) is 7.14. The van der Waals surface area contributed by atoms with Gasteiger partial charge in [0, 0.05) is 23.0 Å². The van der Waals surface area contributed by atoms with Crippen molar-refractivity contribution in [1.82, 2.24) is 15.2 Å². The Morgan fingerprint density at radius 2 is 1.87 bits per heavy atom. The summed E-state index contributed by atoms with van der Waals surface area (Å²) in [5.74, 6) is 6.00. The number of H-pyrrole nitrogens is 1. The summed E-state index contributed by atoms with van der Waals surface area (Å²) in [5, 5.41) is 3.68. The van der Waals surface area contributed by atoms with Crippen LogP contribution in [0.25, 0.3) is 10.9 Å². The van der Waals surface area contributed by atoms with Crippen LogP contribution in [-0.2, 0) is 4.74 Å². The lowest BCUT2D eigenvalue weighted by Gasteiger charge is -2.10. The van der Waals surface area contributed by atoms with Crippen LogP contribution in [0.3, 0.4) is 0 Å². The van der Waals surface area contributed by atoms with E-state index in [0.29, 0.717) is 17.9 Å². The van der Waals surface area contributed by atoms with Gasteiger partial charge in [0.2, 0.25) is 0 Å². The highest BCUT2D eigenvalue weighted by molar-refractivity contribution is 5.98. The number of carbonyl (C=O) groups is 2. The van der Waals surface area contributed by atoms with Gasteiger partial charge in [-0.05, 0) is 62.6 Å². The third-order valence-corrected chi connectivity index (χ3v) is 4.52. The average molecular weight is 419 g/mol. The van der Waals surface area contributed by atoms with Crippen molar-refractivity contribution in [3.63, 3.8) is 0 Å². The van der Waals surface area contributed by atoms with Gasteiger partial charge in [-0.1, -0.05) is 11.8 Å². The molecule has 1 aromatic heterocycles. The molecule has 0 aliphatic heterocycles. The highest BCUT2D eigenvalue weighted by atomic mass is 16.5. The molecular weight excluding hydrogens is 394 g/mol. The van der Waals surface area contributed by atoms with Gasteiger partial charge < -0.3 is 24.7 Å². The zero-order chi connectivity index (χ0) is 22.2. The normalized spacial score (nSPS) is 10.5. The van der Waals surface area contributed by atoms with Gasteiger partial charge in [-0.25, -0.2) is 4.79 Å². The number of benzene rings is 2. The van der Waals surface area contributed by atoms with E-state index in [1.807, 2.05) is 32.3 Å². The summed E-state index contributed by atoms with van der Waals surface area (Å²) in [4.78, 5) is 29.0. The fraction of sp³-hybridized carbons (Fsp3) is 0.250. The number of ether oxygens (including phenoxy) is 2. The van der Waals surface area contributed by atoms with Crippen molar-refractivity contribution in [2.45, 2.75) is 0 Å². The number of hydrogen-bond donors (Lipinski definition) is 2. The predicted octanol–water partition coefficient (Wildman–Crippen LogP) is 2.68. The Bertz CT molecular complexity index is 1120. The molecule has 7 heteroatoms. The Kier molecular flexibility index (Phi) is 7.31. The van der Waals surface area contributed by atoms with Crippen molar-refractivity contribution in [3.05, 3.63) is 65.4 Å². The van der Waals surface area contributed by atoms with Gasteiger partial charge in [0.15, 0.2) is 0 Å². The van der Waals surface area contributed by atoms with Crippen molar-refractivity contribution in [3.8, 4) is 17.6 Å². The van der Waals surface area contributed by atoms with E-state index in [0.717, 1.165) is 28.8 Å². The van der Waals surface area contributed by atoms with Crippen molar-refractivity contribution in [2.24, 2.45) is 0 Å². The Morgan fingerprint density at radius 1 is 1.10 bits per heavy atom. The Labute approximate surface area is 181 Å². The zero-order valence-electron chi connectivity index (χ0n) is 17.8. The van der Waals surface area contributed by atoms with Crippen LogP contribution in [0, 0.1) is 11.8 Å². The van der Waals surface area contributed by atoms with Gasteiger partial charge in [0.05, 0.1) is 19.2 Å². The van der Waals surface area contributed by atoms with Gasteiger partial charge in [-0.2, -0.15) is 0 Å². The summed E-state index contributed by atoms with van der Waals surface area (Å²) in [6.45, 7) is 1.63. The Hall–Kier alpha value is -3.76. The maximum absolute atomic E-state index is 12.4. The monoisotopic (exact) mass is 419 g/mol. The number of aromatic nitrogens is 1. The molecule has 7 nitrogen and oxygen atoms in total. The number of likely N-dealkylation sites (N-methyl/N-ethyl adjacent to an activating group) is 1. The molecule has 0 radical (unpaired) electrons. The fourth-order valence-electron chi connectivity index (χ4n) is 2.84. The largest absolute Gasteiger partial charge is 0.492 e. The average Bonchev–Trinajstić information content (AvgIpc) is 3.20. The number of hydrogen-bond acceptors (Lipinski definition) is 5. The molecule has 31 heavy (non-hydrogen) atoms. The minimum Gasteiger partial charge on any atom is -0.492 e. The first kappa shape index (κ1) is 21.9. The van der Waals surface area contributed by atoms with Crippen LogP contribution >= 0.6 is 0 Å². The lowest BCUT2D eigenvalue weighted by molar-refractivity contribution is 0.0600. The first-order valence-electron chi connectivity index (χ1n) is 9.82. The Morgan fingerprint density at radius 3 is 2.58 bits per heavy atom. The van der Waals surface area contributed by atoms with E-state index in [9.17, 15) is 9.59 Å². The quantitative estimate of drug-likeness (QED) is 0.454. The molecule has 160 valence electrons. The smallest absolute Gasteiger partial charge is 0.337 e. The molecular formula is C24H25N3O4. The number of esters is 1. The van der Waals surface area contributed by atoms with Gasteiger partial charge in [-0.15, -0.1) is 0 Å². The molecule has 2 aromatic carbocycles. The van der Waals surface area contributed by atoms with Crippen molar-refractivity contribution < 1.29 is 19.1 Å². The predicted molar refractivity (Wildman–Crippen MR) is 119 cm³/mol. The second-order valence-electron chi connectivity index (χ2n) is 7.14. The third kappa shape index (κ3) is 6.11. The van der Waals surface area contributed by atoms with Gasteiger partial charge in [-0.3, -0.25) is 4.79 Å². The molecule has 0 fully saturated rings. The van der Waals surface area contributed by atoms with E-state index in [2.05, 4.69) is 31.8 Å². The van der Waals surface area contributed by atoms with E-state index in [1.165, 1.54) is 7.11 Å². The van der Waals surface area contributed by atoms with E-state index in [1.54, 1.807) is 30.3 Å². The lowest BCUT2D eigenvalue weighted by Crippen LogP contribution is -2.23. The minimum atomic E-state index is -0.391. The van der Waals surface area contributed by atoms with Crippen LogP contribution in [-0.4, -0.2) is 62.7 Å². The summed E-state index contributed by atoms with van der Waals surface area (Å²) in [6.07, 6.45) is 0. The molecule has 0 aliphatic carbocycles. The fourth-order valence-corrected chi connectivity index (χ4v) is 2.84. The third-order valence-electron chi connectivity index (χ3n) is 4.52. The molecule has 0 spiro atoms. The number of nitrogens with zero attached hydrogens (tertiary/aromatic N) is 1. The highest BCUT2D eigenvalue weighted by Gasteiger charge is 2.09. The Balaban J connectivity index is 1.56. The van der Waals surface area contributed by atoms with Crippen molar-refractivity contribution in [1.29, 1.82) is 0 Å². The number of rotatable bonds is 7. The SMILES string of the molecule is COC(=O)c1ccc(C#CCNC(=O)c2cc3cc(OCCN(C)C)ccc3[nH]2)cc1. The van der Waals surface area contributed by atoms with E-state index in [-0.39, 0.29) is 12.5 Å². The molecule has 3 aromatic rings. The van der Waals surface area contributed by atoms with Crippen LogP contribution in [0.5, 0.6) is 5.75 Å². The summed E-state index contributed by atoms with van der Waals surface area (Å²) in [7, 11) is 5.33. The zero-order valence-corrected chi connectivity index (χ0v) is 17.8. The van der Waals surface area contributed by atoms with E-state index >= 15 is 0 Å². The molecule has 0 saturated carbocycles. The van der Waals surface area contributed by atoms with Crippen LogP contribution in [0.15, 0.2) is 48.5 Å². The minimum absolute atomic E-state index is 0.200. The summed E-state index contributed by atoms with van der Waals surface area (Å²) >= 11 is 0. The highest BCUT2D eigenvalue weighted by Crippen LogP contribution is 2.21. The first-order chi connectivity index (χ1) is 15.0. The number of amides is 1. The van der Waals surface area contributed by atoms with Crippen LogP contribution < -0.4 is 10.1 Å². The topological polar surface area (TPSA) is 83.7 Å². The van der Waals surface area contributed by atoms with Gasteiger partial charge in [0.25, 0.3) is 5.91 Å². The second kappa shape index (κ2) is 10.3. The molecule has 0 unspecified atom stereocenters. The lowest BCUT2D eigenvalue weighted by atomic mass is 10.1. The maximum atomic E-state index is 12.4. The van der Waals surface area contributed by atoms with Gasteiger partial charge in [0.1, 0.15) is 18.1 Å². The number of carbonyl (C=O) groups excluding carboxylic acids is 2. The molecule has 2 N–H and O–H groups in total. The summed E-state index contributed by atoms with van der Waals surface area (Å²) in [5.41, 5.74) is 2.53. The number of nitrogens with one attached hydrogen (secondary N) is 2. The number of methoxy groups -OCH3 is 1. The molecule has 1 heterocycles. The first-order valence-corrected chi connectivity index (χ1v) is 9.82. The summed E-state index contributed by atoms with van der Waals surface area (Å²) in [6, 6.07) is 14.3. The molecule has 0 aliphatic rings. The van der Waals surface area contributed by atoms with Crippen molar-refractivity contribution in [2.75, 3.05) is 40.9 Å². The van der Waals surface area contributed by atoms with Crippen LogP contribution in [0.1, 0.15) is 26.4 Å². The number of aromatic amines is 1. The van der Waals surface area contributed by atoms with Gasteiger partial charge >= 0.3 is 5.97 Å². The van der Waals surface area contributed by atoms with Crippen molar-refractivity contribution >= 4 is 22.8 Å². The maximum Gasteiger partial charge on any atom is 0.337 e. The number of fused-ring (bicyclic) bond motifs is 1. The molecule has 0 bridgehead atoms. The summed E-state index contributed by atoms with van der Waals surface area (Å²) < 4.78 is 10.4. The van der Waals surface area contributed by atoms with Crippen LogP contribution in [0.2, 0.25) is 0 Å². The molecule has 3 rings (SSSR count). The molecule has 1 amide bonds.